The van der Waals surface area contributed by atoms with Crippen molar-refractivity contribution in [3.63, 3.8) is 0 Å². The molecule has 0 aliphatic rings. The number of ether oxygens (including phenoxy) is 1. The van der Waals surface area contributed by atoms with Crippen LogP contribution in [0.4, 0.5) is 10.5 Å². The molecule has 2 N–H and O–H groups in total. The van der Waals surface area contributed by atoms with E-state index in [9.17, 15) is 14.4 Å². The number of aryl methyl sites for hydroxylation is 1. The fourth-order valence-electron chi connectivity index (χ4n) is 3.11. The second kappa shape index (κ2) is 10.9. The number of alkyl carbamates (subject to hydrolysis) is 1. The molecule has 1 unspecified atom stereocenters. The molecule has 1 atom stereocenters. The maximum Gasteiger partial charge on any atom is 0.408 e. The first-order chi connectivity index (χ1) is 15.4. The van der Waals surface area contributed by atoms with Crippen LogP contribution in [-0.2, 0) is 14.3 Å². The molecule has 7 nitrogen and oxygen atoms in total. The molecule has 0 saturated carbocycles. The van der Waals surface area contributed by atoms with E-state index in [1.54, 1.807) is 57.2 Å². The molecule has 33 heavy (non-hydrogen) atoms. The lowest BCUT2D eigenvalue weighted by atomic mass is 9.98. The van der Waals surface area contributed by atoms with Crippen molar-refractivity contribution in [1.29, 1.82) is 0 Å². The number of terminal acetylenes is 1. The van der Waals surface area contributed by atoms with Gasteiger partial charge in [0.15, 0.2) is 0 Å². The number of carbonyl (C=O) groups excluding carboxylic acids is 3. The number of hydrogen-bond acceptors (Lipinski definition) is 4. The maximum atomic E-state index is 13.4. The van der Waals surface area contributed by atoms with Crippen LogP contribution in [0.15, 0.2) is 42.5 Å². The van der Waals surface area contributed by atoms with E-state index in [0.717, 1.165) is 5.56 Å². The van der Waals surface area contributed by atoms with Crippen LogP contribution in [0.25, 0.3) is 0 Å². The molecule has 174 valence electrons. The molecule has 0 fully saturated rings. The Labute approximate surface area is 199 Å². The van der Waals surface area contributed by atoms with Gasteiger partial charge in [0.05, 0.1) is 10.7 Å². The van der Waals surface area contributed by atoms with Crippen LogP contribution in [-0.4, -0.2) is 42.0 Å². The molecule has 0 aliphatic carbocycles. The van der Waals surface area contributed by atoms with Gasteiger partial charge in [-0.05, 0) is 51.0 Å². The molecule has 3 amide bonds. The Hall–Kier alpha value is -3.50. The van der Waals surface area contributed by atoms with Gasteiger partial charge in [0.1, 0.15) is 18.2 Å². The van der Waals surface area contributed by atoms with Gasteiger partial charge in [-0.25, -0.2) is 4.79 Å². The number of amides is 3. The van der Waals surface area contributed by atoms with Crippen molar-refractivity contribution in [2.24, 2.45) is 0 Å². The molecule has 0 aromatic heterocycles. The third-order valence-corrected chi connectivity index (χ3v) is 5.01. The first kappa shape index (κ1) is 25.8. The second-order valence-corrected chi connectivity index (χ2v) is 8.82. The average molecular weight is 470 g/mol. The summed E-state index contributed by atoms with van der Waals surface area (Å²) in [6.45, 7) is 6.60. The number of hydrogen-bond donors (Lipinski definition) is 2. The topological polar surface area (TPSA) is 87.7 Å². The summed E-state index contributed by atoms with van der Waals surface area (Å²) in [6.07, 6.45) is 4.91. The van der Waals surface area contributed by atoms with Gasteiger partial charge in [-0.1, -0.05) is 47.9 Å². The number of likely N-dealkylation sites (N-methyl/N-ethyl adjacent to an activating group) is 1. The van der Waals surface area contributed by atoms with Gasteiger partial charge in [-0.3, -0.25) is 9.59 Å². The van der Waals surface area contributed by atoms with Gasteiger partial charge in [0.2, 0.25) is 5.91 Å². The van der Waals surface area contributed by atoms with E-state index in [4.69, 9.17) is 22.8 Å². The molecular formula is C25H28ClN3O4. The SMILES string of the molecule is C#Cc1ccccc1C(C(=O)Nc1c(C)cccc1Cl)N(C)C(=O)CNC(=O)OC(C)(C)C. The summed E-state index contributed by atoms with van der Waals surface area (Å²) in [5.74, 6) is 1.54. The predicted octanol–water partition coefficient (Wildman–Crippen LogP) is 4.29. The highest BCUT2D eigenvalue weighted by Crippen LogP contribution is 2.29. The molecule has 8 heteroatoms. The molecule has 2 aromatic carbocycles. The highest BCUT2D eigenvalue weighted by atomic mass is 35.5. The smallest absolute Gasteiger partial charge is 0.408 e. The third kappa shape index (κ3) is 6.99. The third-order valence-electron chi connectivity index (χ3n) is 4.69. The molecular weight excluding hydrogens is 442 g/mol. The van der Waals surface area contributed by atoms with Crippen LogP contribution in [0, 0.1) is 19.3 Å². The first-order valence-electron chi connectivity index (χ1n) is 10.3. The zero-order chi connectivity index (χ0) is 24.8. The van der Waals surface area contributed by atoms with E-state index >= 15 is 0 Å². The zero-order valence-corrected chi connectivity index (χ0v) is 20.1. The molecule has 2 rings (SSSR count). The second-order valence-electron chi connectivity index (χ2n) is 8.42. The number of halogens is 1. The number of rotatable bonds is 6. The summed E-state index contributed by atoms with van der Waals surface area (Å²) in [6, 6.07) is 11.0. The minimum atomic E-state index is -1.07. The Kier molecular flexibility index (Phi) is 8.50. The Morgan fingerprint density at radius 1 is 1.15 bits per heavy atom. The monoisotopic (exact) mass is 469 g/mol. The summed E-state index contributed by atoms with van der Waals surface area (Å²) in [5.41, 5.74) is 1.43. The molecule has 2 aromatic rings. The van der Waals surface area contributed by atoms with Crippen molar-refractivity contribution < 1.29 is 19.1 Å². The maximum absolute atomic E-state index is 13.4. The van der Waals surface area contributed by atoms with Crippen molar-refractivity contribution in [1.82, 2.24) is 10.2 Å². The fourth-order valence-corrected chi connectivity index (χ4v) is 3.37. The largest absolute Gasteiger partial charge is 0.444 e. The summed E-state index contributed by atoms with van der Waals surface area (Å²) in [4.78, 5) is 39.5. The van der Waals surface area contributed by atoms with E-state index in [1.807, 2.05) is 13.0 Å². The van der Waals surface area contributed by atoms with E-state index in [-0.39, 0.29) is 6.54 Å². The molecule has 0 aliphatic heterocycles. The lowest BCUT2D eigenvalue weighted by Crippen LogP contribution is -2.44. The van der Waals surface area contributed by atoms with Gasteiger partial charge in [-0.15, -0.1) is 6.42 Å². The number of nitrogens with one attached hydrogen (secondary N) is 2. The van der Waals surface area contributed by atoms with Crippen LogP contribution in [0.5, 0.6) is 0 Å². The number of anilines is 1. The molecule has 0 saturated heterocycles. The van der Waals surface area contributed by atoms with E-state index in [2.05, 4.69) is 16.6 Å². The zero-order valence-electron chi connectivity index (χ0n) is 19.4. The van der Waals surface area contributed by atoms with Gasteiger partial charge in [-0.2, -0.15) is 0 Å². The minimum Gasteiger partial charge on any atom is -0.444 e. The Morgan fingerprint density at radius 3 is 2.42 bits per heavy atom. The van der Waals surface area contributed by atoms with Crippen molar-refractivity contribution in [3.05, 3.63) is 64.2 Å². The lowest BCUT2D eigenvalue weighted by Gasteiger charge is -2.29. The van der Waals surface area contributed by atoms with Crippen LogP contribution in [0.2, 0.25) is 5.02 Å². The van der Waals surface area contributed by atoms with Crippen LogP contribution in [0.1, 0.15) is 43.5 Å². The standard InChI is InChI=1S/C25H28ClN3O4/c1-7-17-12-8-9-13-18(17)22(23(31)28-21-16(2)11-10-14-19(21)26)29(6)20(30)15-27-24(32)33-25(3,4)5/h1,8-14,22H,15H2,2-6H3,(H,27,32)(H,28,31). The lowest BCUT2D eigenvalue weighted by molar-refractivity contribution is -0.136. The van der Waals surface area contributed by atoms with Crippen molar-refractivity contribution in [2.45, 2.75) is 39.3 Å². The Morgan fingerprint density at radius 2 is 1.82 bits per heavy atom. The molecule has 0 spiro atoms. The molecule has 0 heterocycles. The number of nitrogens with zero attached hydrogens (tertiary/aromatic N) is 1. The van der Waals surface area contributed by atoms with Crippen LogP contribution < -0.4 is 10.6 Å². The summed E-state index contributed by atoms with van der Waals surface area (Å²) >= 11 is 6.27. The van der Waals surface area contributed by atoms with Crippen molar-refractivity contribution >= 4 is 35.2 Å². The van der Waals surface area contributed by atoms with Crippen LogP contribution >= 0.6 is 11.6 Å². The average Bonchev–Trinajstić information content (AvgIpc) is 2.74. The highest BCUT2D eigenvalue weighted by Gasteiger charge is 2.31. The van der Waals surface area contributed by atoms with Gasteiger partial charge in [0, 0.05) is 12.6 Å². The van der Waals surface area contributed by atoms with Crippen LogP contribution in [0.3, 0.4) is 0 Å². The summed E-state index contributed by atoms with van der Waals surface area (Å²) in [7, 11) is 1.47. The first-order valence-corrected chi connectivity index (χ1v) is 10.7. The molecule has 0 bridgehead atoms. The minimum absolute atomic E-state index is 0.363. The Balaban J connectivity index is 2.33. The van der Waals surface area contributed by atoms with E-state index < -0.39 is 29.6 Å². The molecule has 0 radical (unpaired) electrons. The highest BCUT2D eigenvalue weighted by molar-refractivity contribution is 6.34. The fraction of sp³-hybridized carbons (Fsp3) is 0.320. The number of carbonyl (C=O) groups is 3. The number of benzene rings is 2. The summed E-state index contributed by atoms with van der Waals surface area (Å²) < 4.78 is 5.16. The number of para-hydroxylation sites is 1. The van der Waals surface area contributed by atoms with Crippen molar-refractivity contribution in [3.8, 4) is 12.3 Å². The van der Waals surface area contributed by atoms with Gasteiger partial charge in [0.25, 0.3) is 5.91 Å². The van der Waals surface area contributed by atoms with Gasteiger partial charge < -0.3 is 20.3 Å². The normalized spacial score (nSPS) is 11.7. The van der Waals surface area contributed by atoms with Crippen molar-refractivity contribution in [2.75, 3.05) is 18.9 Å². The Bertz CT molecular complexity index is 1070. The van der Waals surface area contributed by atoms with E-state index in [1.165, 1.54) is 11.9 Å². The predicted molar refractivity (Wildman–Crippen MR) is 129 cm³/mol. The van der Waals surface area contributed by atoms with Gasteiger partial charge >= 0.3 is 6.09 Å². The quantitative estimate of drug-likeness (QED) is 0.618. The summed E-state index contributed by atoms with van der Waals surface area (Å²) in [5, 5.41) is 5.60. The van der Waals surface area contributed by atoms with E-state index in [0.29, 0.717) is 21.8 Å².